The Morgan fingerprint density at radius 1 is 1.48 bits per heavy atom. The first-order valence-corrected chi connectivity index (χ1v) is 8.42. The number of amides is 1. The number of rotatable bonds is 2. The Kier molecular flexibility index (Phi) is 4.98. The zero-order valence-corrected chi connectivity index (χ0v) is 15.3. The number of nitro groups is 1. The van der Waals surface area contributed by atoms with Crippen molar-refractivity contribution in [3.05, 3.63) is 32.3 Å². The number of halogens is 1. The number of nitro benzene ring substituents is 1. The second-order valence-corrected chi connectivity index (χ2v) is 7.50. The third-order valence-electron chi connectivity index (χ3n) is 3.75. The van der Waals surface area contributed by atoms with Gasteiger partial charge in [0, 0.05) is 22.6 Å². The van der Waals surface area contributed by atoms with E-state index in [1.165, 1.54) is 6.07 Å². The van der Waals surface area contributed by atoms with E-state index in [0.717, 1.165) is 18.4 Å². The molecule has 1 unspecified atom stereocenters. The lowest BCUT2D eigenvalue weighted by Gasteiger charge is -2.38. The molecule has 0 radical (unpaired) electrons. The van der Waals surface area contributed by atoms with E-state index in [9.17, 15) is 14.9 Å². The molecule has 0 aromatic heterocycles. The van der Waals surface area contributed by atoms with Gasteiger partial charge in [0.05, 0.1) is 10.6 Å². The van der Waals surface area contributed by atoms with Crippen LogP contribution in [0.2, 0.25) is 0 Å². The van der Waals surface area contributed by atoms with E-state index in [4.69, 9.17) is 4.74 Å². The molecule has 0 bridgehead atoms. The van der Waals surface area contributed by atoms with Crippen LogP contribution >= 0.6 is 15.9 Å². The topological polar surface area (TPSA) is 72.7 Å². The number of benzene rings is 1. The molecule has 0 N–H and O–H groups in total. The molecule has 126 valence electrons. The first kappa shape index (κ1) is 17.7. The van der Waals surface area contributed by atoms with Crippen LogP contribution in [-0.4, -0.2) is 22.7 Å². The number of non-ortho nitro benzene ring substituents is 1. The summed E-state index contributed by atoms with van der Waals surface area (Å²) in [6.07, 6.45) is 1.84. The summed E-state index contributed by atoms with van der Waals surface area (Å²) >= 11 is 3.39. The maximum atomic E-state index is 12.7. The fourth-order valence-corrected chi connectivity index (χ4v) is 3.46. The summed E-state index contributed by atoms with van der Waals surface area (Å²) in [5, 5.41) is 11.0. The molecule has 1 atom stereocenters. The molecule has 6 nitrogen and oxygen atoms in total. The van der Waals surface area contributed by atoms with E-state index in [1.54, 1.807) is 11.0 Å². The van der Waals surface area contributed by atoms with E-state index in [2.05, 4.69) is 15.9 Å². The van der Waals surface area contributed by atoms with Crippen molar-refractivity contribution < 1.29 is 14.5 Å². The van der Waals surface area contributed by atoms with Crippen LogP contribution in [0, 0.1) is 10.1 Å². The molecule has 23 heavy (non-hydrogen) atoms. The van der Waals surface area contributed by atoms with Crippen molar-refractivity contribution in [1.82, 2.24) is 0 Å². The zero-order chi connectivity index (χ0) is 17.4. The average Bonchev–Trinajstić information content (AvgIpc) is 2.43. The van der Waals surface area contributed by atoms with Crippen molar-refractivity contribution >= 4 is 33.4 Å². The van der Waals surface area contributed by atoms with E-state index in [0.29, 0.717) is 16.6 Å². The van der Waals surface area contributed by atoms with Crippen molar-refractivity contribution in [2.24, 2.45) is 0 Å². The second kappa shape index (κ2) is 6.47. The lowest BCUT2D eigenvalue weighted by Crippen LogP contribution is -2.46. The Hall–Kier alpha value is -1.63. The normalized spacial score (nSPS) is 17.6. The van der Waals surface area contributed by atoms with Crippen molar-refractivity contribution in [3.63, 3.8) is 0 Å². The molecule has 1 aliphatic rings. The number of hydrogen-bond donors (Lipinski definition) is 0. The number of nitrogens with zero attached hydrogens (tertiary/aromatic N) is 2. The minimum Gasteiger partial charge on any atom is -0.443 e. The number of aryl methyl sites for hydroxylation is 1. The van der Waals surface area contributed by atoms with Crippen LogP contribution in [0.4, 0.5) is 16.2 Å². The Morgan fingerprint density at radius 3 is 2.65 bits per heavy atom. The molecule has 1 amide bonds. The smallest absolute Gasteiger partial charge is 0.415 e. The number of carbonyl (C=O) groups is 1. The highest BCUT2D eigenvalue weighted by Crippen LogP contribution is 2.41. The van der Waals surface area contributed by atoms with E-state index >= 15 is 0 Å². The van der Waals surface area contributed by atoms with Crippen molar-refractivity contribution in [2.45, 2.75) is 58.6 Å². The minimum absolute atomic E-state index is 0.0229. The van der Waals surface area contributed by atoms with Crippen molar-refractivity contribution in [3.8, 4) is 0 Å². The van der Waals surface area contributed by atoms with Crippen LogP contribution in [0.3, 0.4) is 0 Å². The molecule has 1 aliphatic heterocycles. The first-order valence-electron chi connectivity index (χ1n) is 7.63. The Morgan fingerprint density at radius 2 is 2.13 bits per heavy atom. The van der Waals surface area contributed by atoms with E-state index in [1.807, 2.05) is 27.7 Å². The number of fused-ring (bicyclic) bond motifs is 1. The summed E-state index contributed by atoms with van der Waals surface area (Å²) in [5.41, 5.74) is 0.902. The molecular formula is C16H21BrN2O4. The van der Waals surface area contributed by atoms with Gasteiger partial charge in [-0.15, -0.1) is 0 Å². The van der Waals surface area contributed by atoms with Gasteiger partial charge in [0.15, 0.2) is 0 Å². The lowest BCUT2D eigenvalue weighted by molar-refractivity contribution is -0.385. The van der Waals surface area contributed by atoms with Gasteiger partial charge in [0.2, 0.25) is 0 Å². The summed E-state index contributed by atoms with van der Waals surface area (Å²) < 4.78 is 6.08. The average molecular weight is 385 g/mol. The van der Waals surface area contributed by atoms with Gasteiger partial charge in [-0.2, -0.15) is 0 Å². The van der Waals surface area contributed by atoms with Gasteiger partial charge in [0.1, 0.15) is 5.60 Å². The highest BCUT2D eigenvalue weighted by Gasteiger charge is 2.35. The fourth-order valence-electron chi connectivity index (χ4n) is 2.78. The largest absolute Gasteiger partial charge is 0.443 e. The zero-order valence-electron chi connectivity index (χ0n) is 13.8. The third-order valence-corrected chi connectivity index (χ3v) is 4.36. The molecule has 1 aromatic rings. The standard InChI is InChI=1S/C16H21BrN2O4/c1-5-11-7-6-10-8-12(19(21)22)9-13(17)14(10)18(11)15(20)23-16(2,3)4/h8-9,11H,5-7H2,1-4H3. The van der Waals surface area contributed by atoms with Gasteiger partial charge in [-0.3, -0.25) is 15.0 Å². The predicted molar refractivity (Wildman–Crippen MR) is 91.9 cm³/mol. The number of anilines is 1. The van der Waals surface area contributed by atoms with E-state index < -0.39 is 16.6 Å². The maximum Gasteiger partial charge on any atom is 0.415 e. The summed E-state index contributed by atoms with van der Waals surface area (Å²) in [6.45, 7) is 7.48. The molecule has 1 aromatic carbocycles. The van der Waals surface area contributed by atoms with Gasteiger partial charge in [-0.25, -0.2) is 4.79 Å². The predicted octanol–water partition coefficient (Wildman–Crippen LogP) is 4.82. The van der Waals surface area contributed by atoms with Crippen LogP contribution in [-0.2, 0) is 11.2 Å². The van der Waals surface area contributed by atoms with Crippen LogP contribution in [0.15, 0.2) is 16.6 Å². The Balaban J connectivity index is 2.50. The van der Waals surface area contributed by atoms with Gasteiger partial charge < -0.3 is 4.74 Å². The fraction of sp³-hybridized carbons (Fsp3) is 0.562. The molecule has 0 aliphatic carbocycles. The van der Waals surface area contributed by atoms with Gasteiger partial charge in [0.25, 0.3) is 5.69 Å². The molecule has 0 fully saturated rings. The molecule has 0 saturated heterocycles. The van der Waals surface area contributed by atoms with Gasteiger partial charge in [-0.05, 0) is 61.5 Å². The van der Waals surface area contributed by atoms with Crippen LogP contribution in [0.5, 0.6) is 0 Å². The SMILES string of the molecule is CCC1CCc2cc([N+](=O)[O-])cc(Br)c2N1C(=O)OC(C)(C)C. The monoisotopic (exact) mass is 384 g/mol. The molecule has 1 heterocycles. The number of ether oxygens (including phenoxy) is 1. The van der Waals surface area contributed by atoms with E-state index in [-0.39, 0.29) is 11.7 Å². The van der Waals surface area contributed by atoms with Crippen molar-refractivity contribution in [2.75, 3.05) is 4.90 Å². The maximum absolute atomic E-state index is 12.7. The number of carbonyl (C=O) groups excluding carboxylic acids is 1. The summed E-state index contributed by atoms with van der Waals surface area (Å²) in [6, 6.07) is 3.01. The Bertz CT molecular complexity index is 640. The molecule has 2 rings (SSSR count). The molecule has 7 heteroatoms. The molecular weight excluding hydrogens is 364 g/mol. The summed E-state index contributed by atoms with van der Waals surface area (Å²) in [5.74, 6) is 0. The first-order chi connectivity index (χ1) is 10.6. The van der Waals surface area contributed by atoms with Crippen molar-refractivity contribution in [1.29, 1.82) is 0 Å². The Labute approximate surface area is 144 Å². The van der Waals surface area contributed by atoms with Crippen LogP contribution in [0.1, 0.15) is 46.1 Å². The highest BCUT2D eigenvalue weighted by molar-refractivity contribution is 9.10. The van der Waals surface area contributed by atoms with Crippen LogP contribution in [0.25, 0.3) is 0 Å². The number of hydrogen-bond acceptors (Lipinski definition) is 4. The second-order valence-electron chi connectivity index (χ2n) is 6.64. The van der Waals surface area contributed by atoms with Gasteiger partial charge in [-0.1, -0.05) is 6.92 Å². The van der Waals surface area contributed by atoms with Gasteiger partial charge >= 0.3 is 6.09 Å². The summed E-state index contributed by atoms with van der Waals surface area (Å²) in [7, 11) is 0. The molecule has 0 spiro atoms. The van der Waals surface area contributed by atoms with Crippen LogP contribution < -0.4 is 4.90 Å². The molecule has 0 saturated carbocycles. The minimum atomic E-state index is -0.597. The summed E-state index contributed by atoms with van der Waals surface area (Å²) in [4.78, 5) is 24.9. The lowest BCUT2D eigenvalue weighted by atomic mass is 9.94. The third kappa shape index (κ3) is 3.83. The quantitative estimate of drug-likeness (QED) is 0.540. The highest BCUT2D eigenvalue weighted by atomic mass is 79.9.